The number of aliphatic hydroxyl groups excluding tert-OH is 5. The summed E-state index contributed by atoms with van der Waals surface area (Å²) < 4.78 is 21.9. The van der Waals surface area contributed by atoms with Gasteiger partial charge in [0.2, 0.25) is 6.29 Å². The number of aliphatic hydroxyl groups is 6. The first-order valence-corrected chi connectivity index (χ1v) is 9.34. The summed E-state index contributed by atoms with van der Waals surface area (Å²) in [6.07, 6.45) is -9.23. The van der Waals surface area contributed by atoms with Gasteiger partial charge in [-0.2, -0.15) is 0 Å². The molecule has 1 aliphatic carbocycles. The van der Waals surface area contributed by atoms with Crippen LogP contribution in [0.3, 0.4) is 0 Å². The van der Waals surface area contributed by atoms with Gasteiger partial charge in [0, 0.05) is 13.3 Å². The number of hydrogen-bond acceptors (Lipinski definition) is 11. The number of carbonyl (C=O) groups is 1. The summed E-state index contributed by atoms with van der Waals surface area (Å²) in [7, 11) is 0. The second-order valence-electron chi connectivity index (χ2n) is 8.07. The second-order valence-corrected chi connectivity index (χ2v) is 8.07. The maximum Gasteiger partial charge on any atom is 0.303 e. The summed E-state index contributed by atoms with van der Waals surface area (Å²) in [6, 6.07) is 0. The van der Waals surface area contributed by atoms with Crippen molar-refractivity contribution >= 4 is 5.97 Å². The van der Waals surface area contributed by atoms with E-state index in [0.717, 1.165) is 0 Å². The van der Waals surface area contributed by atoms with Crippen molar-refractivity contribution in [3.63, 3.8) is 0 Å². The van der Waals surface area contributed by atoms with Gasteiger partial charge in [-0.05, 0) is 19.4 Å². The zero-order valence-corrected chi connectivity index (χ0v) is 16.3. The van der Waals surface area contributed by atoms with E-state index in [0.29, 0.717) is 5.57 Å². The van der Waals surface area contributed by atoms with Gasteiger partial charge in [-0.3, -0.25) is 4.79 Å². The molecule has 0 aromatic rings. The highest BCUT2D eigenvalue weighted by atomic mass is 16.8. The predicted molar refractivity (Wildman–Crippen MR) is 92.7 cm³/mol. The molecular weight excluding hydrogens is 392 g/mol. The lowest BCUT2D eigenvalue weighted by Crippen LogP contribution is -2.62. The van der Waals surface area contributed by atoms with Crippen molar-refractivity contribution < 1.29 is 54.4 Å². The van der Waals surface area contributed by atoms with Gasteiger partial charge in [0.25, 0.3) is 0 Å². The Morgan fingerprint density at radius 3 is 2.45 bits per heavy atom. The first-order valence-electron chi connectivity index (χ1n) is 9.34. The fraction of sp³-hybridized carbons (Fsp3) is 0.833. The minimum Gasteiger partial charge on any atom is -0.472 e. The van der Waals surface area contributed by atoms with Crippen LogP contribution in [-0.2, 0) is 23.7 Å². The zero-order valence-electron chi connectivity index (χ0n) is 16.3. The van der Waals surface area contributed by atoms with Crippen LogP contribution in [0, 0.1) is 5.92 Å². The smallest absolute Gasteiger partial charge is 0.303 e. The van der Waals surface area contributed by atoms with Gasteiger partial charge >= 0.3 is 5.97 Å². The quantitative estimate of drug-likeness (QED) is 0.265. The molecule has 2 aliphatic heterocycles. The Labute approximate surface area is 167 Å². The van der Waals surface area contributed by atoms with E-state index in [1.165, 1.54) is 20.1 Å². The van der Waals surface area contributed by atoms with E-state index >= 15 is 0 Å². The van der Waals surface area contributed by atoms with Crippen molar-refractivity contribution in [2.75, 3.05) is 6.61 Å². The second kappa shape index (κ2) is 7.75. The number of rotatable bonds is 4. The van der Waals surface area contributed by atoms with E-state index in [2.05, 4.69) is 0 Å². The standard InChI is InChI=1S/C18H28O11/c1-7-6-26-16(28-15-13(24)12(23)11(22)9(5-19)27-15)14-17(3,29-8(2)20)4-10(21)18(7,14)25/h6,9-16,19,21-25H,4-5H2,1-3H3/t9-,10+,11-,12-,13-,14?,15+,16-,17-,18?/m1/s1. The van der Waals surface area contributed by atoms with Crippen molar-refractivity contribution in [1.29, 1.82) is 0 Å². The van der Waals surface area contributed by atoms with Crippen molar-refractivity contribution in [2.45, 2.75) is 81.5 Å². The van der Waals surface area contributed by atoms with Crippen LogP contribution in [0.25, 0.3) is 0 Å². The molecule has 3 rings (SSSR count). The molecular formula is C18H28O11. The van der Waals surface area contributed by atoms with Crippen LogP contribution in [-0.4, -0.2) is 97.5 Å². The molecule has 2 heterocycles. The summed E-state index contributed by atoms with van der Waals surface area (Å²) >= 11 is 0. The molecule has 0 radical (unpaired) electrons. The molecule has 11 nitrogen and oxygen atoms in total. The maximum atomic E-state index is 11.6. The molecule has 11 heteroatoms. The third kappa shape index (κ3) is 3.55. The third-order valence-corrected chi connectivity index (χ3v) is 6.02. The van der Waals surface area contributed by atoms with Crippen molar-refractivity contribution in [3.05, 3.63) is 11.8 Å². The fourth-order valence-electron chi connectivity index (χ4n) is 4.54. The lowest BCUT2D eigenvalue weighted by atomic mass is 9.77. The van der Waals surface area contributed by atoms with Crippen molar-refractivity contribution in [1.82, 2.24) is 0 Å². The van der Waals surface area contributed by atoms with E-state index in [1.54, 1.807) is 6.92 Å². The number of carbonyl (C=O) groups excluding carboxylic acids is 1. The first-order chi connectivity index (χ1) is 13.5. The molecule has 0 aromatic carbocycles. The number of esters is 1. The predicted octanol–water partition coefficient (Wildman–Crippen LogP) is -2.50. The van der Waals surface area contributed by atoms with Gasteiger partial charge in [-0.25, -0.2) is 0 Å². The summed E-state index contributed by atoms with van der Waals surface area (Å²) in [5.41, 5.74) is -2.94. The molecule has 1 saturated heterocycles. The average Bonchev–Trinajstić information content (AvgIpc) is 2.84. The van der Waals surface area contributed by atoms with Crippen LogP contribution < -0.4 is 0 Å². The minimum absolute atomic E-state index is 0.100. The number of fused-ring (bicyclic) bond motifs is 1. The van der Waals surface area contributed by atoms with E-state index in [9.17, 15) is 35.4 Å². The van der Waals surface area contributed by atoms with Crippen LogP contribution in [0.1, 0.15) is 27.2 Å². The average molecular weight is 420 g/mol. The summed E-state index contributed by atoms with van der Waals surface area (Å²) in [6.45, 7) is 3.60. The normalized spacial score (nSPS) is 49.8. The Bertz CT molecular complexity index is 666. The SMILES string of the molecule is CC(=O)O[C@]1(C)C[C@H](O)C2(O)C(C)=CO[C@H](O[C@@H]3O[C@H](CO)[C@@H](O)[C@@H](O)[C@H]3O)C21. The molecule has 0 spiro atoms. The molecule has 1 saturated carbocycles. The van der Waals surface area contributed by atoms with Crippen LogP contribution in [0.4, 0.5) is 0 Å². The summed E-state index contributed by atoms with van der Waals surface area (Å²) in [5.74, 6) is -1.74. The van der Waals surface area contributed by atoms with Crippen LogP contribution in [0.15, 0.2) is 11.8 Å². The largest absolute Gasteiger partial charge is 0.472 e. The Morgan fingerprint density at radius 1 is 1.21 bits per heavy atom. The van der Waals surface area contributed by atoms with Gasteiger partial charge in [-0.15, -0.1) is 0 Å². The highest BCUT2D eigenvalue weighted by Gasteiger charge is 2.68. The van der Waals surface area contributed by atoms with Gasteiger partial charge in [0.05, 0.1) is 24.9 Å². The molecule has 0 bridgehead atoms. The van der Waals surface area contributed by atoms with Gasteiger partial charge < -0.3 is 49.6 Å². The van der Waals surface area contributed by atoms with Gasteiger partial charge in [-0.1, -0.05) is 0 Å². The van der Waals surface area contributed by atoms with Crippen LogP contribution in [0.5, 0.6) is 0 Å². The third-order valence-electron chi connectivity index (χ3n) is 6.02. The molecule has 10 atom stereocenters. The number of ether oxygens (including phenoxy) is 4. The zero-order chi connectivity index (χ0) is 21.7. The Hall–Kier alpha value is -1.31. The Morgan fingerprint density at radius 2 is 1.86 bits per heavy atom. The van der Waals surface area contributed by atoms with Crippen molar-refractivity contribution in [3.8, 4) is 0 Å². The lowest BCUT2D eigenvalue weighted by molar-refractivity contribution is -0.352. The summed E-state index contributed by atoms with van der Waals surface area (Å²) in [5, 5.41) is 61.2. The van der Waals surface area contributed by atoms with Crippen LogP contribution >= 0.6 is 0 Å². The van der Waals surface area contributed by atoms with E-state index in [1.807, 2.05) is 0 Å². The maximum absolute atomic E-state index is 11.6. The highest BCUT2D eigenvalue weighted by Crippen LogP contribution is 2.53. The number of hydrogen-bond donors (Lipinski definition) is 6. The molecule has 0 aromatic heterocycles. The van der Waals surface area contributed by atoms with Gasteiger partial charge in [0.1, 0.15) is 35.6 Å². The molecule has 166 valence electrons. The topological polar surface area (TPSA) is 175 Å². The minimum atomic E-state index is -1.85. The Kier molecular flexibility index (Phi) is 5.98. The molecule has 6 N–H and O–H groups in total. The highest BCUT2D eigenvalue weighted by molar-refractivity contribution is 5.66. The Balaban J connectivity index is 1.91. The molecule has 3 aliphatic rings. The van der Waals surface area contributed by atoms with Crippen molar-refractivity contribution in [2.24, 2.45) is 5.92 Å². The summed E-state index contributed by atoms with van der Waals surface area (Å²) in [4.78, 5) is 11.6. The van der Waals surface area contributed by atoms with Gasteiger partial charge in [0.15, 0.2) is 6.29 Å². The van der Waals surface area contributed by atoms with Crippen LogP contribution in [0.2, 0.25) is 0 Å². The molecule has 29 heavy (non-hydrogen) atoms. The first kappa shape index (κ1) is 22.4. The van der Waals surface area contributed by atoms with E-state index < -0.39 is 72.8 Å². The molecule has 0 amide bonds. The molecule has 2 unspecified atom stereocenters. The van der Waals surface area contributed by atoms with E-state index in [4.69, 9.17) is 18.9 Å². The molecule has 2 fully saturated rings. The lowest BCUT2D eigenvalue weighted by Gasteiger charge is -2.47. The van der Waals surface area contributed by atoms with E-state index in [-0.39, 0.29) is 6.42 Å². The fourth-order valence-corrected chi connectivity index (χ4v) is 4.54. The monoisotopic (exact) mass is 420 g/mol.